The molecule has 0 saturated heterocycles. The zero-order valence-corrected chi connectivity index (χ0v) is 8.46. The Balaban J connectivity index is 2.03. The van der Waals surface area contributed by atoms with Gasteiger partial charge in [0.2, 0.25) is 0 Å². The van der Waals surface area contributed by atoms with Crippen LogP contribution < -0.4 is 5.32 Å². The highest BCUT2D eigenvalue weighted by atomic mass is 19.1. The number of halogens is 1. The lowest BCUT2D eigenvalue weighted by molar-refractivity contribution is 0.323. The maximum absolute atomic E-state index is 13.3. The average Bonchev–Trinajstić information content (AvgIpc) is 2.52. The predicted molar refractivity (Wildman–Crippen MR) is 57.3 cm³/mol. The third-order valence-electron chi connectivity index (χ3n) is 2.80. The molecule has 0 aliphatic heterocycles. The molecule has 0 unspecified atom stereocenters. The third kappa shape index (κ3) is 2.06. The van der Waals surface area contributed by atoms with Crippen molar-refractivity contribution >= 4 is 5.69 Å². The Morgan fingerprint density at radius 2 is 2.21 bits per heavy atom. The molecule has 2 heteroatoms. The van der Waals surface area contributed by atoms with Crippen molar-refractivity contribution in [3.05, 3.63) is 29.8 Å². The molecule has 1 N–H and O–H groups in total. The Bertz CT molecular complexity index is 311. The van der Waals surface area contributed by atoms with E-state index in [2.05, 4.69) is 11.4 Å². The quantitative estimate of drug-likeness (QED) is 0.760. The van der Waals surface area contributed by atoms with Crippen LogP contribution in [0.4, 0.5) is 10.1 Å². The van der Waals surface area contributed by atoms with Gasteiger partial charge in [0.1, 0.15) is 6.17 Å². The Kier molecular flexibility index (Phi) is 2.71. The molecule has 2 rings (SSSR count). The summed E-state index contributed by atoms with van der Waals surface area (Å²) in [4.78, 5) is 0. The molecule has 0 aromatic heterocycles. The van der Waals surface area contributed by atoms with Gasteiger partial charge >= 0.3 is 0 Å². The highest BCUT2D eigenvalue weighted by Gasteiger charge is 2.26. The average molecular weight is 193 g/mol. The Hall–Kier alpha value is -1.05. The fraction of sp³-hybridized carbons (Fsp3) is 0.500. The van der Waals surface area contributed by atoms with Gasteiger partial charge < -0.3 is 5.32 Å². The summed E-state index contributed by atoms with van der Waals surface area (Å²) in [5, 5.41) is 3.26. The second kappa shape index (κ2) is 3.99. The van der Waals surface area contributed by atoms with Crippen LogP contribution in [0.15, 0.2) is 24.3 Å². The summed E-state index contributed by atoms with van der Waals surface area (Å²) in [7, 11) is 0. The molecule has 1 fully saturated rings. The van der Waals surface area contributed by atoms with E-state index in [0.717, 1.165) is 18.5 Å². The van der Waals surface area contributed by atoms with E-state index in [0.29, 0.717) is 6.42 Å². The summed E-state index contributed by atoms with van der Waals surface area (Å²) in [6.07, 6.45) is 2.00. The summed E-state index contributed by atoms with van der Waals surface area (Å²) >= 11 is 0. The fourth-order valence-corrected chi connectivity index (χ4v) is 2.03. The van der Waals surface area contributed by atoms with Crippen LogP contribution in [0.5, 0.6) is 0 Å². The van der Waals surface area contributed by atoms with Gasteiger partial charge in [-0.15, -0.1) is 0 Å². The largest absolute Gasteiger partial charge is 0.379 e. The van der Waals surface area contributed by atoms with Crippen molar-refractivity contribution < 1.29 is 4.39 Å². The van der Waals surface area contributed by atoms with Crippen LogP contribution in [0, 0.1) is 6.92 Å². The monoisotopic (exact) mass is 193 g/mol. The number of anilines is 1. The SMILES string of the molecule is Cc1cccc(N[C@@H]2CCC[C@H]2F)c1. The third-order valence-corrected chi connectivity index (χ3v) is 2.80. The number of hydrogen-bond donors (Lipinski definition) is 1. The number of hydrogen-bond acceptors (Lipinski definition) is 1. The second-order valence-corrected chi connectivity index (χ2v) is 4.07. The topological polar surface area (TPSA) is 12.0 Å². The number of alkyl halides is 1. The molecular weight excluding hydrogens is 177 g/mol. The number of aryl methyl sites for hydroxylation is 1. The van der Waals surface area contributed by atoms with E-state index in [9.17, 15) is 4.39 Å². The van der Waals surface area contributed by atoms with E-state index in [4.69, 9.17) is 0 Å². The van der Waals surface area contributed by atoms with Crippen molar-refractivity contribution in [2.45, 2.75) is 38.4 Å². The lowest BCUT2D eigenvalue weighted by Crippen LogP contribution is -2.24. The maximum atomic E-state index is 13.3. The normalized spacial score (nSPS) is 26.4. The number of benzene rings is 1. The molecule has 1 aromatic rings. The van der Waals surface area contributed by atoms with Crippen molar-refractivity contribution in [1.29, 1.82) is 0 Å². The van der Waals surface area contributed by atoms with Gasteiger partial charge in [-0.1, -0.05) is 12.1 Å². The first kappa shape index (κ1) is 9.50. The van der Waals surface area contributed by atoms with E-state index >= 15 is 0 Å². The molecule has 0 spiro atoms. The van der Waals surface area contributed by atoms with Gasteiger partial charge in [0.05, 0.1) is 6.04 Å². The molecule has 1 nitrogen and oxygen atoms in total. The van der Waals surface area contributed by atoms with Gasteiger partial charge in [-0.3, -0.25) is 0 Å². The standard InChI is InChI=1S/C12H16FN/c1-9-4-2-5-10(8-9)14-12-7-3-6-11(12)13/h2,4-5,8,11-12,14H,3,6-7H2,1H3/t11-,12-/m1/s1. The van der Waals surface area contributed by atoms with E-state index in [-0.39, 0.29) is 6.04 Å². The van der Waals surface area contributed by atoms with Crippen molar-refractivity contribution in [2.24, 2.45) is 0 Å². The van der Waals surface area contributed by atoms with E-state index in [1.807, 2.05) is 25.1 Å². The first-order chi connectivity index (χ1) is 6.75. The van der Waals surface area contributed by atoms with Gasteiger partial charge in [0, 0.05) is 5.69 Å². The van der Waals surface area contributed by atoms with Gasteiger partial charge in [-0.25, -0.2) is 4.39 Å². The lowest BCUT2D eigenvalue weighted by atomic mass is 10.2. The Morgan fingerprint density at radius 1 is 1.36 bits per heavy atom. The molecule has 1 aromatic carbocycles. The molecule has 0 bridgehead atoms. The van der Waals surface area contributed by atoms with Crippen LogP contribution in [0.3, 0.4) is 0 Å². The van der Waals surface area contributed by atoms with Crippen LogP contribution in [-0.2, 0) is 0 Å². The van der Waals surface area contributed by atoms with Crippen LogP contribution in [0.1, 0.15) is 24.8 Å². The summed E-state index contributed by atoms with van der Waals surface area (Å²) in [5.41, 5.74) is 2.25. The maximum Gasteiger partial charge on any atom is 0.120 e. The van der Waals surface area contributed by atoms with E-state index < -0.39 is 6.17 Å². The van der Waals surface area contributed by atoms with E-state index in [1.165, 1.54) is 5.56 Å². The first-order valence-electron chi connectivity index (χ1n) is 5.23. The molecule has 14 heavy (non-hydrogen) atoms. The second-order valence-electron chi connectivity index (χ2n) is 4.07. The fourth-order valence-electron chi connectivity index (χ4n) is 2.03. The first-order valence-corrected chi connectivity index (χ1v) is 5.23. The minimum atomic E-state index is -0.671. The molecule has 2 atom stereocenters. The van der Waals surface area contributed by atoms with Gasteiger partial charge in [0.15, 0.2) is 0 Å². The van der Waals surface area contributed by atoms with Crippen LogP contribution >= 0.6 is 0 Å². The Morgan fingerprint density at radius 3 is 2.86 bits per heavy atom. The van der Waals surface area contributed by atoms with Gasteiger partial charge in [0.25, 0.3) is 0 Å². The molecule has 1 saturated carbocycles. The lowest BCUT2D eigenvalue weighted by Gasteiger charge is -2.16. The number of nitrogens with one attached hydrogen (secondary N) is 1. The molecule has 0 amide bonds. The van der Waals surface area contributed by atoms with Crippen LogP contribution in [-0.4, -0.2) is 12.2 Å². The molecule has 1 aliphatic rings. The van der Waals surface area contributed by atoms with E-state index in [1.54, 1.807) is 0 Å². The predicted octanol–water partition coefficient (Wildman–Crippen LogP) is 3.30. The molecule has 76 valence electrons. The van der Waals surface area contributed by atoms with Gasteiger partial charge in [-0.2, -0.15) is 0 Å². The smallest absolute Gasteiger partial charge is 0.120 e. The van der Waals surface area contributed by atoms with Crippen LogP contribution in [0.25, 0.3) is 0 Å². The van der Waals surface area contributed by atoms with Gasteiger partial charge in [-0.05, 0) is 43.9 Å². The van der Waals surface area contributed by atoms with Crippen molar-refractivity contribution in [2.75, 3.05) is 5.32 Å². The van der Waals surface area contributed by atoms with Crippen molar-refractivity contribution in [1.82, 2.24) is 0 Å². The molecule has 1 aliphatic carbocycles. The number of rotatable bonds is 2. The molecular formula is C12H16FN. The summed E-state index contributed by atoms with van der Waals surface area (Å²) in [6, 6.07) is 8.13. The summed E-state index contributed by atoms with van der Waals surface area (Å²) < 4.78 is 13.3. The van der Waals surface area contributed by atoms with Crippen LogP contribution in [0.2, 0.25) is 0 Å². The minimum absolute atomic E-state index is 0.0248. The zero-order valence-electron chi connectivity index (χ0n) is 8.46. The zero-order chi connectivity index (χ0) is 9.97. The van der Waals surface area contributed by atoms with Crippen molar-refractivity contribution in [3.8, 4) is 0 Å². The molecule has 0 heterocycles. The Labute approximate surface area is 84.3 Å². The van der Waals surface area contributed by atoms with Crippen molar-refractivity contribution in [3.63, 3.8) is 0 Å². The summed E-state index contributed by atoms with van der Waals surface area (Å²) in [6.45, 7) is 2.05. The highest BCUT2D eigenvalue weighted by Crippen LogP contribution is 2.25. The minimum Gasteiger partial charge on any atom is -0.379 e. The summed E-state index contributed by atoms with van der Waals surface area (Å²) in [5.74, 6) is 0. The highest BCUT2D eigenvalue weighted by molar-refractivity contribution is 5.46. The molecule has 0 radical (unpaired) electrons.